The van der Waals surface area contributed by atoms with Crippen molar-refractivity contribution < 1.29 is 52.7 Å². The van der Waals surface area contributed by atoms with E-state index in [4.69, 9.17) is 34.4 Å². The maximum atomic E-state index is 14.6. The van der Waals surface area contributed by atoms with Crippen LogP contribution in [0.4, 0.5) is 0 Å². The third-order valence-corrected chi connectivity index (χ3v) is 15.5. The van der Waals surface area contributed by atoms with E-state index in [0.717, 1.165) is 0 Å². The van der Waals surface area contributed by atoms with Crippen molar-refractivity contribution >= 4 is 65.0 Å². The van der Waals surface area contributed by atoms with Gasteiger partial charge in [0, 0.05) is 0 Å². The van der Waals surface area contributed by atoms with Crippen molar-refractivity contribution in [2.24, 2.45) is 75.8 Å². The Morgan fingerprint density at radius 1 is 0.237 bits per heavy atom. The summed E-state index contributed by atoms with van der Waals surface area (Å²) >= 11 is 0. The summed E-state index contributed by atoms with van der Waals surface area (Å²) < 4.78 is 0. The normalized spacial score (nSPS) is 15.2. The van der Waals surface area contributed by atoms with Crippen molar-refractivity contribution in [1.82, 2.24) is 53.2 Å². The highest BCUT2D eigenvalue weighted by Crippen LogP contribution is 2.17. The molecule has 0 saturated carbocycles. The van der Waals surface area contributed by atoms with Gasteiger partial charge in [-0.25, -0.2) is 0 Å². The first-order valence-electron chi connectivity index (χ1n) is 34.5. The maximum Gasteiger partial charge on any atom is 0.243 e. The lowest BCUT2D eigenvalue weighted by Crippen LogP contribution is -2.61. The summed E-state index contributed by atoms with van der Waals surface area (Å²) in [6, 6.07) is -12.3. The molecule has 0 radical (unpaired) electrons. The number of carbonyl (C=O) groups is 11. The molecule has 0 aromatic rings. The van der Waals surface area contributed by atoms with E-state index in [1.807, 2.05) is 96.9 Å². The van der Waals surface area contributed by atoms with Crippen LogP contribution < -0.4 is 87.6 Å². The SMILES string of the molecule is CC(C)C[C@H](NC(=O)[C@H](CCCCN)NC(=O)[C@H](N)CCCCN)C(=O)N[C@@H](CC(C)C)C(=O)N[C@H](CCCCN)C(=O)N[C@H](CC(C)C)C(=O)N[C@H](CC(C)C)C(=O)N[C@@H](CCCCN)C(=O)N[C@@H](CC(C)C)C(=O)N[C@@H](CC(C)C)C(=O)N[C@H](CC(C)C)C(N)=O. The molecule has 0 bridgehead atoms. The van der Waals surface area contributed by atoms with Crippen LogP contribution in [-0.2, 0) is 52.7 Å². The van der Waals surface area contributed by atoms with Gasteiger partial charge in [0.15, 0.2) is 0 Å². The highest BCUT2D eigenvalue weighted by molar-refractivity contribution is 5.99. The van der Waals surface area contributed by atoms with Crippen LogP contribution in [0.5, 0.6) is 0 Å². The smallest absolute Gasteiger partial charge is 0.243 e. The zero-order chi connectivity index (χ0) is 71.1. The Hall–Kier alpha value is -6.03. The van der Waals surface area contributed by atoms with Crippen molar-refractivity contribution in [3.8, 4) is 0 Å². The van der Waals surface area contributed by atoms with Crippen molar-refractivity contribution in [2.45, 2.75) is 285 Å². The largest absolute Gasteiger partial charge is 0.368 e. The molecule has 0 rings (SSSR count). The molecule has 0 aromatic heterocycles. The highest BCUT2D eigenvalue weighted by Gasteiger charge is 2.37. The van der Waals surface area contributed by atoms with Gasteiger partial charge in [0.2, 0.25) is 65.0 Å². The second kappa shape index (κ2) is 47.8. The van der Waals surface area contributed by atoms with E-state index in [0.29, 0.717) is 77.4 Å². The summed E-state index contributed by atoms with van der Waals surface area (Å²) in [5.41, 5.74) is 34.9. The molecule has 0 saturated heterocycles. The summed E-state index contributed by atoms with van der Waals surface area (Å²) in [5, 5.41) is 28.1. The van der Waals surface area contributed by atoms with Crippen molar-refractivity contribution in [1.29, 1.82) is 0 Å². The summed E-state index contributed by atoms with van der Waals surface area (Å²) in [4.78, 5) is 154. The topological polar surface area (TPSA) is 464 Å². The molecule has 22 N–H and O–H groups in total. The number of carbonyl (C=O) groups excluding carboxylic acids is 11. The van der Waals surface area contributed by atoms with Gasteiger partial charge < -0.3 is 87.6 Å². The van der Waals surface area contributed by atoms with Crippen LogP contribution in [0, 0.1) is 41.4 Å². The van der Waals surface area contributed by atoms with Gasteiger partial charge in [-0.2, -0.15) is 0 Å². The van der Waals surface area contributed by atoms with E-state index < -0.39 is 131 Å². The fraction of sp³-hybridized carbons (Fsp3) is 0.833. The van der Waals surface area contributed by atoms with E-state index in [2.05, 4.69) is 53.2 Å². The standard InChI is InChI=1S/C66H128N16O11/c1-38(2)31-49(56(72)83)76-63(90)52(34-41(7)8)82-66(93)55(37-44(13)14)79-60(87)48(26-18-22-30-70)75-62(89)51(33-40(5)6)81-65(92)54(36-43(11)12)78-59(86)47(25-17-21-29-69)74-61(88)50(32-39(3)4)80-64(91)53(35-42(9)10)77-58(85)46(24-16-20-28-68)73-57(84)45(71)23-15-19-27-67/h38-55H,15-37,67-71H2,1-14H3,(H2,72,83)(H,73,84)(H,74,88)(H,75,89)(H,76,90)(H,77,85)(H,78,86)(H,79,87)(H,80,91)(H,81,92)(H,82,93)/t45-,46+,47-,48+,49-,50+,51-,52+,53+,54-,55+/m1/s1. The van der Waals surface area contributed by atoms with Crippen molar-refractivity contribution in [3.63, 3.8) is 0 Å². The number of unbranched alkanes of at least 4 members (excludes halogenated alkanes) is 4. The quantitative estimate of drug-likeness (QED) is 0.0384. The van der Waals surface area contributed by atoms with E-state index >= 15 is 0 Å². The van der Waals surface area contributed by atoms with Gasteiger partial charge in [-0.05, 0) is 183 Å². The van der Waals surface area contributed by atoms with Gasteiger partial charge in [-0.3, -0.25) is 52.7 Å². The number of hydrogen-bond donors (Lipinski definition) is 16. The molecule has 0 aliphatic rings. The fourth-order valence-electron chi connectivity index (χ4n) is 10.6. The molecule has 93 heavy (non-hydrogen) atoms. The molecule has 0 aliphatic heterocycles. The molecule has 11 atom stereocenters. The minimum Gasteiger partial charge on any atom is -0.368 e. The summed E-state index contributed by atoms with van der Waals surface area (Å²) in [6.07, 6.45) is 6.18. The molecular formula is C66H128N16O11. The zero-order valence-electron chi connectivity index (χ0n) is 59.1. The molecule has 0 spiro atoms. The molecule has 0 heterocycles. The predicted octanol–water partition coefficient (Wildman–Crippen LogP) is 1.49. The number of rotatable bonds is 51. The summed E-state index contributed by atoms with van der Waals surface area (Å²) in [7, 11) is 0. The predicted molar refractivity (Wildman–Crippen MR) is 364 cm³/mol. The van der Waals surface area contributed by atoms with Crippen LogP contribution in [0.15, 0.2) is 0 Å². The molecule has 27 heteroatoms. The molecule has 0 fully saturated rings. The Balaban J connectivity index is 7.03. The molecule has 27 nitrogen and oxygen atoms in total. The second-order valence-corrected chi connectivity index (χ2v) is 28.2. The van der Waals surface area contributed by atoms with Crippen molar-refractivity contribution in [2.75, 3.05) is 26.2 Å². The average molecular weight is 1320 g/mol. The molecule has 0 aromatic carbocycles. The van der Waals surface area contributed by atoms with Crippen LogP contribution in [0.3, 0.4) is 0 Å². The highest BCUT2D eigenvalue weighted by atomic mass is 16.2. The van der Waals surface area contributed by atoms with Gasteiger partial charge in [-0.1, -0.05) is 103 Å². The molecule has 538 valence electrons. The first-order valence-corrected chi connectivity index (χ1v) is 34.5. The number of nitrogens with two attached hydrogens (primary N) is 6. The van der Waals surface area contributed by atoms with Crippen LogP contribution in [0.1, 0.15) is 219 Å². The van der Waals surface area contributed by atoms with Gasteiger partial charge in [-0.15, -0.1) is 0 Å². The van der Waals surface area contributed by atoms with Crippen LogP contribution in [-0.4, -0.2) is 158 Å². The number of nitrogens with one attached hydrogen (secondary N) is 10. The molecular weight excluding hydrogens is 1190 g/mol. The first kappa shape index (κ1) is 87.0. The Morgan fingerprint density at radius 2 is 0.398 bits per heavy atom. The average Bonchev–Trinajstić information content (AvgIpc) is 1.02. The maximum absolute atomic E-state index is 14.6. The van der Waals surface area contributed by atoms with E-state index in [9.17, 15) is 52.7 Å². The monoisotopic (exact) mass is 1320 g/mol. The Labute approximate surface area is 556 Å². The molecule has 11 amide bonds. The number of primary amides is 1. The minimum atomic E-state index is -1.23. The summed E-state index contributed by atoms with van der Waals surface area (Å²) in [6.45, 7) is 27.5. The summed E-state index contributed by atoms with van der Waals surface area (Å²) in [5.74, 6) is -7.99. The van der Waals surface area contributed by atoms with Crippen LogP contribution in [0.25, 0.3) is 0 Å². The molecule has 0 unspecified atom stereocenters. The van der Waals surface area contributed by atoms with Crippen LogP contribution >= 0.6 is 0 Å². The minimum absolute atomic E-state index is 0.0280. The van der Waals surface area contributed by atoms with Gasteiger partial charge in [0.1, 0.15) is 60.4 Å². The number of hydrogen-bond acceptors (Lipinski definition) is 16. The first-order chi connectivity index (χ1) is 43.6. The third kappa shape index (κ3) is 38.2. The van der Waals surface area contributed by atoms with E-state index in [1.54, 1.807) is 0 Å². The Kier molecular flexibility index (Phi) is 44.7. The lowest BCUT2D eigenvalue weighted by Gasteiger charge is -2.30. The molecule has 0 aliphatic carbocycles. The van der Waals surface area contributed by atoms with Crippen molar-refractivity contribution in [3.05, 3.63) is 0 Å². The van der Waals surface area contributed by atoms with Crippen LogP contribution in [0.2, 0.25) is 0 Å². The fourth-order valence-corrected chi connectivity index (χ4v) is 10.6. The van der Waals surface area contributed by atoms with Gasteiger partial charge in [0.05, 0.1) is 6.04 Å². The number of amides is 11. The Morgan fingerprint density at radius 3 is 0.591 bits per heavy atom. The second-order valence-electron chi connectivity index (χ2n) is 28.2. The lowest BCUT2D eigenvalue weighted by atomic mass is 9.98. The van der Waals surface area contributed by atoms with Gasteiger partial charge >= 0.3 is 0 Å². The van der Waals surface area contributed by atoms with E-state index in [-0.39, 0.29) is 112 Å². The third-order valence-electron chi connectivity index (χ3n) is 15.5. The van der Waals surface area contributed by atoms with Gasteiger partial charge in [0.25, 0.3) is 0 Å². The Bertz CT molecular complexity index is 2270. The van der Waals surface area contributed by atoms with E-state index in [1.165, 1.54) is 0 Å². The lowest BCUT2D eigenvalue weighted by molar-refractivity contribution is -0.136. The zero-order valence-corrected chi connectivity index (χ0v) is 59.1.